The van der Waals surface area contributed by atoms with E-state index in [1.54, 1.807) is 48.5 Å². The number of rotatable bonds is 9. The smallest absolute Gasteiger partial charge is 0.252 e. The van der Waals surface area contributed by atoms with Crippen LogP contribution in [0.1, 0.15) is 23.7 Å². The number of para-hydroxylation sites is 2. The normalized spacial score (nSPS) is 15.7. The minimum Gasteiger partial charge on any atom is -0.345 e. The van der Waals surface area contributed by atoms with Crippen LogP contribution in [0.2, 0.25) is 0 Å². The number of benzene rings is 3. The lowest BCUT2D eigenvalue weighted by Gasteiger charge is -2.25. The molecule has 1 heterocycles. The molecule has 0 aliphatic carbocycles. The number of anilines is 2. The van der Waals surface area contributed by atoms with E-state index >= 15 is 0 Å². The summed E-state index contributed by atoms with van der Waals surface area (Å²) in [6.45, 7) is 0.648. The number of aldehydes is 1. The monoisotopic (exact) mass is 514 g/mol. The average Bonchev–Trinajstić information content (AvgIpc) is 3.02. The standard InChI is InChI=1S/C28H26N4O6/c1-18(35)13-20(16-33)29-26(36)15-32-25-12-5-4-11-24(25)31(17-34)14-23(28(32)38)30-27(37)22-10-6-8-19-7-2-3-9-21(19)22/h2-12,16-17,20,23H,13-15H2,1H3,(H,29,36)(H,30,37)/t20-,23?/m0/s1. The van der Waals surface area contributed by atoms with Crippen LogP contribution in [-0.4, -0.2) is 61.4 Å². The lowest BCUT2D eigenvalue weighted by Crippen LogP contribution is -2.54. The Morgan fingerprint density at radius 2 is 1.66 bits per heavy atom. The summed E-state index contributed by atoms with van der Waals surface area (Å²) >= 11 is 0. The van der Waals surface area contributed by atoms with Crippen LogP contribution < -0.4 is 20.4 Å². The highest BCUT2D eigenvalue weighted by molar-refractivity contribution is 6.12. The molecule has 38 heavy (non-hydrogen) atoms. The molecule has 3 aromatic carbocycles. The Kier molecular flexibility index (Phi) is 7.91. The van der Waals surface area contributed by atoms with Crippen molar-refractivity contribution >= 4 is 58.3 Å². The molecule has 0 aromatic heterocycles. The summed E-state index contributed by atoms with van der Waals surface area (Å²) in [6, 6.07) is 16.9. The zero-order valence-electron chi connectivity index (χ0n) is 20.6. The zero-order valence-corrected chi connectivity index (χ0v) is 20.6. The summed E-state index contributed by atoms with van der Waals surface area (Å²) in [6.07, 6.45) is 0.837. The van der Waals surface area contributed by atoms with Gasteiger partial charge in [0.2, 0.25) is 12.3 Å². The largest absolute Gasteiger partial charge is 0.345 e. The quantitative estimate of drug-likeness (QED) is 0.417. The molecule has 194 valence electrons. The Hall–Kier alpha value is -4.86. The Labute approximate surface area is 218 Å². The van der Waals surface area contributed by atoms with Gasteiger partial charge in [0, 0.05) is 12.0 Å². The maximum atomic E-state index is 13.7. The van der Waals surface area contributed by atoms with E-state index in [4.69, 9.17) is 0 Å². The molecule has 0 radical (unpaired) electrons. The number of hydrogen-bond acceptors (Lipinski definition) is 6. The van der Waals surface area contributed by atoms with Gasteiger partial charge in [-0.25, -0.2) is 0 Å². The SMILES string of the molecule is CC(=O)C[C@@H](C=O)NC(=O)CN1C(=O)C(NC(=O)c2cccc3ccccc23)CN(C=O)c2ccccc21. The van der Waals surface area contributed by atoms with Crippen LogP contribution in [0.15, 0.2) is 66.7 Å². The van der Waals surface area contributed by atoms with E-state index in [1.807, 2.05) is 18.2 Å². The molecule has 0 spiro atoms. The summed E-state index contributed by atoms with van der Waals surface area (Å²) in [4.78, 5) is 77.1. The van der Waals surface area contributed by atoms with Crippen LogP contribution in [0.5, 0.6) is 0 Å². The minimum absolute atomic E-state index is 0.157. The van der Waals surface area contributed by atoms with Crippen LogP contribution >= 0.6 is 0 Å². The molecule has 0 saturated heterocycles. The maximum Gasteiger partial charge on any atom is 0.252 e. The highest BCUT2D eigenvalue weighted by Crippen LogP contribution is 2.32. The molecular weight excluding hydrogens is 488 g/mol. The molecule has 2 N–H and O–H groups in total. The predicted molar refractivity (Wildman–Crippen MR) is 141 cm³/mol. The number of carbonyl (C=O) groups excluding carboxylic acids is 6. The van der Waals surface area contributed by atoms with Crippen molar-refractivity contribution < 1.29 is 28.8 Å². The van der Waals surface area contributed by atoms with Gasteiger partial charge in [-0.3, -0.25) is 28.9 Å². The molecule has 1 aliphatic rings. The van der Waals surface area contributed by atoms with E-state index in [1.165, 1.54) is 11.8 Å². The van der Waals surface area contributed by atoms with Crippen molar-refractivity contribution in [3.63, 3.8) is 0 Å². The summed E-state index contributed by atoms with van der Waals surface area (Å²) in [5.41, 5.74) is 1.02. The molecule has 4 amide bonds. The van der Waals surface area contributed by atoms with Crippen molar-refractivity contribution in [1.82, 2.24) is 10.6 Å². The molecule has 10 nitrogen and oxygen atoms in total. The van der Waals surface area contributed by atoms with Gasteiger partial charge in [-0.2, -0.15) is 0 Å². The Bertz CT molecular complexity index is 1420. The van der Waals surface area contributed by atoms with Gasteiger partial charge in [0.25, 0.3) is 11.8 Å². The highest BCUT2D eigenvalue weighted by atomic mass is 16.2. The zero-order chi connectivity index (χ0) is 27.2. The second-order valence-electron chi connectivity index (χ2n) is 8.94. The van der Waals surface area contributed by atoms with Crippen LogP contribution in [0.4, 0.5) is 11.4 Å². The lowest BCUT2D eigenvalue weighted by atomic mass is 10.0. The molecule has 10 heteroatoms. The van der Waals surface area contributed by atoms with E-state index in [9.17, 15) is 28.8 Å². The first-order chi connectivity index (χ1) is 18.3. The average molecular weight is 515 g/mol. The number of nitrogens with one attached hydrogen (secondary N) is 2. The minimum atomic E-state index is -1.18. The van der Waals surface area contributed by atoms with Gasteiger partial charge in [-0.05, 0) is 35.9 Å². The molecule has 3 aromatic rings. The summed E-state index contributed by atoms with van der Waals surface area (Å²) < 4.78 is 0. The van der Waals surface area contributed by atoms with E-state index in [0.717, 1.165) is 10.3 Å². The van der Waals surface area contributed by atoms with E-state index < -0.39 is 36.3 Å². The fourth-order valence-electron chi connectivity index (χ4n) is 4.48. The van der Waals surface area contributed by atoms with Crippen molar-refractivity contribution in [3.8, 4) is 0 Å². The van der Waals surface area contributed by atoms with Gasteiger partial charge < -0.3 is 20.3 Å². The van der Waals surface area contributed by atoms with Crippen LogP contribution in [-0.2, 0) is 24.0 Å². The number of Topliss-reactive ketones (excluding diaryl/α,β-unsaturated/α-hetero) is 1. The van der Waals surface area contributed by atoms with Gasteiger partial charge in [-0.15, -0.1) is 0 Å². The topological polar surface area (TPSA) is 133 Å². The lowest BCUT2D eigenvalue weighted by molar-refractivity contribution is -0.126. The molecule has 2 atom stereocenters. The molecule has 1 aliphatic heterocycles. The van der Waals surface area contributed by atoms with E-state index in [2.05, 4.69) is 10.6 Å². The van der Waals surface area contributed by atoms with Gasteiger partial charge >= 0.3 is 0 Å². The number of amides is 4. The number of fused-ring (bicyclic) bond motifs is 2. The third-order valence-electron chi connectivity index (χ3n) is 6.21. The Morgan fingerprint density at radius 1 is 0.974 bits per heavy atom. The summed E-state index contributed by atoms with van der Waals surface area (Å²) in [5.74, 6) is -2.08. The highest BCUT2D eigenvalue weighted by Gasteiger charge is 2.36. The van der Waals surface area contributed by atoms with Crippen molar-refractivity contribution in [2.45, 2.75) is 25.4 Å². The second-order valence-corrected chi connectivity index (χ2v) is 8.94. The molecule has 1 unspecified atom stereocenters. The Morgan fingerprint density at radius 3 is 2.37 bits per heavy atom. The molecule has 0 saturated carbocycles. The summed E-state index contributed by atoms with van der Waals surface area (Å²) in [5, 5.41) is 6.74. The Balaban J connectivity index is 1.64. The number of ketones is 1. The van der Waals surface area contributed by atoms with E-state index in [0.29, 0.717) is 29.3 Å². The first-order valence-corrected chi connectivity index (χ1v) is 12.0. The molecular formula is C28H26N4O6. The molecule has 4 rings (SSSR count). The number of hydrogen-bond donors (Lipinski definition) is 2. The maximum absolute atomic E-state index is 13.7. The third-order valence-corrected chi connectivity index (χ3v) is 6.21. The third kappa shape index (κ3) is 5.59. The molecule has 0 bridgehead atoms. The van der Waals surface area contributed by atoms with Crippen molar-refractivity contribution in [3.05, 3.63) is 72.3 Å². The van der Waals surface area contributed by atoms with Gasteiger partial charge in [0.05, 0.1) is 24.0 Å². The second kappa shape index (κ2) is 11.5. The fourth-order valence-corrected chi connectivity index (χ4v) is 4.48. The van der Waals surface area contributed by atoms with Gasteiger partial charge in [0.1, 0.15) is 24.7 Å². The first kappa shape index (κ1) is 26.2. The van der Waals surface area contributed by atoms with Gasteiger partial charge in [0.15, 0.2) is 0 Å². The van der Waals surface area contributed by atoms with Crippen molar-refractivity contribution in [1.29, 1.82) is 0 Å². The predicted octanol–water partition coefficient (Wildman–Crippen LogP) is 1.61. The van der Waals surface area contributed by atoms with Crippen molar-refractivity contribution in [2.24, 2.45) is 0 Å². The number of carbonyl (C=O) groups is 6. The van der Waals surface area contributed by atoms with Crippen LogP contribution in [0.25, 0.3) is 10.8 Å². The first-order valence-electron chi connectivity index (χ1n) is 12.0. The van der Waals surface area contributed by atoms with Gasteiger partial charge in [-0.1, -0.05) is 48.5 Å². The van der Waals surface area contributed by atoms with E-state index in [-0.39, 0.29) is 24.4 Å². The summed E-state index contributed by atoms with van der Waals surface area (Å²) in [7, 11) is 0. The fraction of sp³-hybridized carbons (Fsp3) is 0.214. The van der Waals surface area contributed by atoms with Crippen molar-refractivity contribution in [2.75, 3.05) is 22.9 Å². The van der Waals surface area contributed by atoms with Crippen LogP contribution in [0.3, 0.4) is 0 Å². The molecule has 0 fully saturated rings. The van der Waals surface area contributed by atoms with Crippen LogP contribution in [0, 0.1) is 0 Å². The number of nitrogens with zero attached hydrogens (tertiary/aromatic N) is 2.